The molecule has 0 aromatic rings. The van der Waals surface area contributed by atoms with E-state index in [4.69, 9.17) is 5.73 Å². The van der Waals surface area contributed by atoms with Crippen LogP contribution in [0, 0.1) is 11.8 Å². The van der Waals surface area contributed by atoms with E-state index in [2.05, 4.69) is 31.0 Å². The predicted molar refractivity (Wildman–Crippen MR) is 89.8 cm³/mol. The van der Waals surface area contributed by atoms with Gasteiger partial charge in [-0.05, 0) is 44.2 Å². The second-order valence-corrected chi connectivity index (χ2v) is 6.09. The van der Waals surface area contributed by atoms with Crippen LogP contribution in [0.3, 0.4) is 0 Å². The minimum absolute atomic E-state index is 0. The third-order valence-corrected chi connectivity index (χ3v) is 3.46. The third-order valence-electron chi connectivity index (χ3n) is 3.46. The number of carbonyl (C=O) groups is 1. The molecule has 3 N–H and O–H groups in total. The molecule has 0 saturated carbocycles. The quantitative estimate of drug-likeness (QED) is 0.752. The second-order valence-electron chi connectivity index (χ2n) is 6.09. The van der Waals surface area contributed by atoms with Gasteiger partial charge in [-0.25, -0.2) is 0 Å². The summed E-state index contributed by atoms with van der Waals surface area (Å²) in [5.41, 5.74) is 5.85. The molecule has 0 spiro atoms. The van der Waals surface area contributed by atoms with Gasteiger partial charge in [-0.3, -0.25) is 4.79 Å². The highest BCUT2D eigenvalue weighted by molar-refractivity contribution is 5.85. The number of nitrogens with two attached hydrogens (primary N) is 1. The zero-order valence-electron chi connectivity index (χ0n) is 12.9. The first-order chi connectivity index (χ1) is 8.49. The molecule has 0 aromatic heterocycles. The smallest absolute Gasteiger partial charge is 0.236 e. The van der Waals surface area contributed by atoms with Crippen LogP contribution >= 0.6 is 24.8 Å². The fourth-order valence-electron chi connectivity index (χ4n) is 2.49. The summed E-state index contributed by atoms with van der Waals surface area (Å²) in [6, 6.07) is -0.357. The molecular formula is C14H31Cl2N3O. The fraction of sp³-hybridized carbons (Fsp3) is 0.929. The number of carbonyl (C=O) groups excluding carboxylic acids is 1. The van der Waals surface area contributed by atoms with Gasteiger partial charge in [0.15, 0.2) is 0 Å². The van der Waals surface area contributed by atoms with Crippen molar-refractivity contribution in [2.75, 3.05) is 26.2 Å². The Bertz CT molecular complexity index is 259. The standard InChI is InChI=1S/C14H29N3O.2ClH/c1-11(2)8-13(15)14(18)16-9-12(3)10-17-6-4-5-7-17;;/h11-13H,4-10,15H2,1-3H3,(H,16,18);2*1H/t12?,13-;;/m0../s1. The van der Waals surface area contributed by atoms with E-state index in [1.54, 1.807) is 0 Å². The van der Waals surface area contributed by atoms with Crippen molar-refractivity contribution in [1.29, 1.82) is 0 Å². The van der Waals surface area contributed by atoms with Crippen molar-refractivity contribution >= 4 is 30.7 Å². The molecule has 4 nitrogen and oxygen atoms in total. The average molecular weight is 328 g/mol. The highest BCUT2D eigenvalue weighted by atomic mass is 35.5. The number of hydrogen-bond donors (Lipinski definition) is 2. The lowest BCUT2D eigenvalue weighted by Gasteiger charge is -2.21. The predicted octanol–water partition coefficient (Wildman–Crippen LogP) is 2.05. The van der Waals surface area contributed by atoms with Gasteiger partial charge in [0.2, 0.25) is 5.91 Å². The van der Waals surface area contributed by atoms with Crippen LogP contribution in [0.2, 0.25) is 0 Å². The molecule has 1 amide bonds. The van der Waals surface area contributed by atoms with Crippen molar-refractivity contribution in [3.63, 3.8) is 0 Å². The Morgan fingerprint density at radius 2 is 1.75 bits per heavy atom. The van der Waals surface area contributed by atoms with Crippen LogP contribution in [0.5, 0.6) is 0 Å². The summed E-state index contributed by atoms with van der Waals surface area (Å²) in [5, 5.41) is 2.97. The molecule has 2 atom stereocenters. The van der Waals surface area contributed by atoms with Crippen LogP contribution in [-0.4, -0.2) is 43.0 Å². The van der Waals surface area contributed by atoms with E-state index >= 15 is 0 Å². The van der Waals surface area contributed by atoms with Crippen molar-refractivity contribution in [2.24, 2.45) is 17.6 Å². The summed E-state index contributed by atoms with van der Waals surface area (Å²) in [7, 11) is 0. The number of amides is 1. The summed E-state index contributed by atoms with van der Waals surface area (Å²) in [4.78, 5) is 14.2. The van der Waals surface area contributed by atoms with Crippen LogP contribution in [0.4, 0.5) is 0 Å². The highest BCUT2D eigenvalue weighted by Gasteiger charge is 2.17. The summed E-state index contributed by atoms with van der Waals surface area (Å²) >= 11 is 0. The van der Waals surface area contributed by atoms with Crippen molar-refractivity contribution in [2.45, 2.75) is 46.1 Å². The fourth-order valence-corrected chi connectivity index (χ4v) is 2.49. The molecule has 0 bridgehead atoms. The number of nitrogens with one attached hydrogen (secondary N) is 1. The summed E-state index contributed by atoms with van der Waals surface area (Å²) in [5.74, 6) is 0.961. The largest absolute Gasteiger partial charge is 0.354 e. The van der Waals surface area contributed by atoms with Gasteiger partial charge in [-0.2, -0.15) is 0 Å². The van der Waals surface area contributed by atoms with E-state index in [0.29, 0.717) is 11.8 Å². The summed E-state index contributed by atoms with van der Waals surface area (Å²) in [6.07, 6.45) is 3.39. The Balaban J connectivity index is 0. The summed E-state index contributed by atoms with van der Waals surface area (Å²) in [6.45, 7) is 10.6. The SMILES string of the molecule is CC(C)C[C@H](N)C(=O)NCC(C)CN1CCCC1.Cl.Cl. The van der Waals surface area contributed by atoms with Gasteiger partial charge in [0.1, 0.15) is 0 Å². The maximum atomic E-state index is 11.8. The van der Waals surface area contributed by atoms with E-state index < -0.39 is 0 Å². The average Bonchev–Trinajstić information content (AvgIpc) is 2.77. The molecule has 0 aromatic carbocycles. The zero-order chi connectivity index (χ0) is 13.5. The van der Waals surface area contributed by atoms with E-state index in [9.17, 15) is 4.79 Å². The van der Waals surface area contributed by atoms with Crippen LogP contribution in [0.25, 0.3) is 0 Å². The van der Waals surface area contributed by atoms with Gasteiger partial charge in [0.25, 0.3) is 0 Å². The number of nitrogens with zero attached hydrogens (tertiary/aromatic N) is 1. The first-order valence-electron chi connectivity index (χ1n) is 7.24. The lowest BCUT2D eigenvalue weighted by molar-refractivity contribution is -0.122. The van der Waals surface area contributed by atoms with Gasteiger partial charge >= 0.3 is 0 Å². The molecule has 20 heavy (non-hydrogen) atoms. The van der Waals surface area contributed by atoms with Crippen LogP contribution in [0.1, 0.15) is 40.0 Å². The first-order valence-corrected chi connectivity index (χ1v) is 7.24. The maximum absolute atomic E-state index is 11.8. The highest BCUT2D eigenvalue weighted by Crippen LogP contribution is 2.09. The monoisotopic (exact) mass is 327 g/mol. The minimum atomic E-state index is -0.357. The Morgan fingerprint density at radius 3 is 2.25 bits per heavy atom. The van der Waals surface area contributed by atoms with Gasteiger partial charge in [-0.1, -0.05) is 20.8 Å². The molecule has 1 aliphatic rings. The number of likely N-dealkylation sites (tertiary alicyclic amines) is 1. The maximum Gasteiger partial charge on any atom is 0.236 e. The molecule has 1 rings (SSSR count). The van der Waals surface area contributed by atoms with E-state index in [1.807, 2.05) is 0 Å². The van der Waals surface area contributed by atoms with Crippen molar-refractivity contribution < 1.29 is 4.79 Å². The molecule has 1 unspecified atom stereocenters. The molecule has 0 aliphatic carbocycles. The van der Waals surface area contributed by atoms with E-state index in [-0.39, 0.29) is 36.8 Å². The van der Waals surface area contributed by atoms with Crippen LogP contribution in [0.15, 0.2) is 0 Å². The topological polar surface area (TPSA) is 58.4 Å². The van der Waals surface area contributed by atoms with Crippen LogP contribution in [-0.2, 0) is 4.79 Å². The van der Waals surface area contributed by atoms with E-state index in [1.165, 1.54) is 25.9 Å². The molecule has 122 valence electrons. The van der Waals surface area contributed by atoms with Crippen molar-refractivity contribution in [1.82, 2.24) is 10.2 Å². The molecule has 0 radical (unpaired) electrons. The first kappa shape index (κ1) is 22.3. The number of rotatable bonds is 7. The Morgan fingerprint density at radius 1 is 1.20 bits per heavy atom. The molecule has 1 fully saturated rings. The number of halogens is 2. The third kappa shape index (κ3) is 9.01. The normalized spacial score (nSPS) is 18.1. The molecular weight excluding hydrogens is 297 g/mol. The lowest BCUT2D eigenvalue weighted by atomic mass is 10.0. The second kappa shape index (κ2) is 11.6. The van der Waals surface area contributed by atoms with Gasteiger partial charge < -0.3 is 16.0 Å². The van der Waals surface area contributed by atoms with Gasteiger partial charge in [0.05, 0.1) is 6.04 Å². The molecule has 1 aliphatic heterocycles. The van der Waals surface area contributed by atoms with Crippen molar-refractivity contribution in [3.8, 4) is 0 Å². The summed E-state index contributed by atoms with van der Waals surface area (Å²) < 4.78 is 0. The number of hydrogen-bond acceptors (Lipinski definition) is 3. The molecule has 1 heterocycles. The zero-order valence-corrected chi connectivity index (χ0v) is 14.6. The lowest BCUT2D eigenvalue weighted by Crippen LogP contribution is -2.44. The molecule has 6 heteroatoms. The van der Waals surface area contributed by atoms with Gasteiger partial charge in [-0.15, -0.1) is 24.8 Å². The Hall–Kier alpha value is -0.0300. The minimum Gasteiger partial charge on any atom is -0.354 e. The van der Waals surface area contributed by atoms with E-state index in [0.717, 1.165) is 19.5 Å². The molecule has 1 saturated heterocycles. The van der Waals surface area contributed by atoms with Crippen LogP contribution < -0.4 is 11.1 Å². The Labute approximate surface area is 136 Å². The Kier molecular flexibility index (Phi) is 12.9. The van der Waals surface area contributed by atoms with Crippen molar-refractivity contribution in [3.05, 3.63) is 0 Å². The van der Waals surface area contributed by atoms with Gasteiger partial charge in [0, 0.05) is 13.1 Å².